The van der Waals surface area contributed by atoms with Gasteiger partial charge in [0.05, 0.1) is 55.7 Å². The lowest BCUT2D eigenvalue weighted by atomic mass is 10.1. The Kier molecular flexibility index (Phi) is 8.60. The molecule has 7 N–H and O–H groups in total. The summed E-state index contributed by atoms with van der Waals surface area (Å²) in [7, 11) is -9.43. The van der Waals surface area contributed by atoms with Gasteiger partial charge in [-0.2, -0.15) is 21.9 Å². The Balaban J connectivity index is 1.47. The van der Waals surface area contributed by atoms with Crippen LogP contribution in [-0.2, 0) is 29.6 Å². The van der Waals surface area contributed by atoms with Gasteiger partial charge in [0.25, 0.3) is 32.1 Å². The van der Waals surface area contributed by atoms with Crippen molar-refractivity contribution in [1.82, 2.24) is 5.32 Å². The Morgan fingerprint density at radius 2 is 1.43 bits per heavy atom. The van der Waals surface area contributed by atoms with Crippen LogP contribution in [-0.4, -0.2) is 48.1 Å². The molecule has 0 aromatic heterocycles. The van der Waals surface area contributed by atoms with Crippen LogP contribution >= 0.6 is 12.0 Å². The van der Waals surface area contributed by atoms with Gasteiger partial charge in [0.15, 0.2) is 5.75 Å². The van der Waals surface area contributed by atoms with E-state index in [2.05, 4.69) is 35.1 Å². The first-order chi connectivity index (χ1) is 23.2. The second kappa shape index (κ2) is 12.6. The van der Waals surface area contributed by atoms with Gasteiger partial charge < -0.3 is 10.8 Å². The van der Waals surface area contributed by atoms with Crippen molar-refractivity contribution in [1.29, 1.82) is 0 Å². The average molecular weight is 727 g/mol. The van der Waals surface area contributed by atoms with E-state index in [4.69, 9.17) is 11.0 Å². The summed E-state index contributed by atoms with van der Waals surface area (Å²) < 4.78 is 71.2. The molecule has 0 saturated carbocycles. The Morgan fingerprint density at radius 1 is 0.735 bits per heavy atom. The summed E-state index contributed by atoms with van der Waals surface area (Å²) in [5, 5.41) is 42.6. The fourth-order valence-electron chi connectivity index (χ4n) is 4.89. The first kappa shape index (κ1) is 33.5. The first-order valence-corrected chi connectivity index (χ1v) is 16.9. The van der Waals surface area contributed by atoms with Crippen LogP contribution in [0.1, 0.15) is 20.7 Å². The molecule has 5 aromatic carbocycles. The highest BCUT2D eigenvalue weighted by atomic mass is 32.2. The highest BCUT2D eigenvalue weighted by molar-refractivity contribution is 7.94. The molecule has 250 valence electrons. The number of rotatable bonds is 9. The highest BCUT2D eigenvalue weighted by Crippen LogP contribution is 2.46. The molecule has 5 aromatic rings. The van der Waals surface area contributed by atoms with Crippen molar-refractivity contribution in [2.45, 2.75) is 14.7 Å². The third-order valence-electron chi connectivity index (χ3n) is 7.10. The minimum absolute atomic E-state index is 0.00294. The number of phenols is 1. The van der Waals surface area contributed by atoms with Crippen LogP contribution < -0.4 is 11.1 Å². The molecule has 2 amide bonds. The van der Waals surface area contributed by atoms with Crippen molar-refractivity contribution in [2.75, 3.05) is 5.73 Å². The number of nitrogens with zero attached hydrogens (tertiary/aromatic N) is 4. The zero-order valence-electron chi connectivity index (χ0n) is 24.0. The summed E-state index contributed by atoms with van der Waals surface area (Å²) in [5.74, 6) is -1.71. The molecular formula is C28H18N6O12S3. The van der Waals surface area contributed by atoms with Crippen molar-refractivity contribution < 1.29 is 55.3 Å². The van der Waals surface area contributed by atoms with E-state index < -0.39 is 53.3 Å². The van der Waals surface area contributed by atoms with Gasteiger partial charge >= 0.3 is 0 Å². The highest BCUT2D eigenvalue weighted by Gasteiger charge is 2.27. The van der Waals surface area contributed by atoms with Gasteiger partial charge in [0, 0.05) is 16.2 Å². The molecule has 0 bridgehead atoms. The normalized spacial score (nSPS) is 13.6. The number of fused-ring (bicyclic) bond motifs is 3. The van der Waals surface area contributed by atoms with Gasteiger partial charge in [-0.1, -0.05) is 11.1 Å². The Hall–Kier alpha value is -5.39. The van der Waals surface area contributed by atoms with Crippen molar-refractivity contribution in [3.05, 3.63) is 77.9 Å². The van der Waals surface area contributed by atoms with Crippen LogP contribution in [0.15, 0.2) is 102 Å². The van der Waals surface area contributed by atoms with Gasteiger partial charge in [0.2, 0.25) is 0 Å². The molecular weight excluding hydrogens is 709 g/mol. The van der Waals surface area contributed by atoms with Gasteiger partial charge in [-0.05, 0) is 66.0 Å². The van der Waals surface area contributed by atoms with E-state index in [0.29, 0.717) is 12.0 Å². The number of carbonyl (C=O) groups excluding carboxylic acids is 2. The predicted molar refractivity (Wildman–Crippen MR) is 171 cm³/mol. The van der Waals surface area contributed by atoms with Crippen LogP contribution in [0.3, 0.4) is 0 Å². The summed E-state index contributed by atoms with van der Waals surface area (Å²) in [5.41, 5.74) is 5.83. The van der Waals surface area contributed by atoms with E-state index in [0.717, 1.165) is 24.3 Å². The number of nitrogens with two attached hydrogens (primary N) is 1. The Labute approximate surface area is 278 Å². The second-order valence-corrected chi connectivity index (χ2v) is 13.6. The molecule has 6 rings (SSSR count). The smallest absolute Gasteiger partial charge is 0.296 e. The van der Waals surface area contributed by atoms with E-state index in [-0.39, 0.29) is 60.3 Å². The average Bonchev–Trinajstić information content (AvgIpc) is 3.33. The molecule has 0 aliphatic carbocycles. The largest absolute Gasteiger partial charge is 0.505 e. The number of aromatic hydroxyl groups is 1. The number of benzene rings is 5. The summed E-state index contributed by atoms with van der Waals surface area (Å²) in [6.45, 7) is 0. The number of anilines is 1. The molecule has 18 nitrogen and oxygen atoms in total. The number of hydrogen-bond acceptors (Lipinski definition) is 16. The van der Waals surface area contributed by atoms with Crippen LogP contribution in [0.5, 0.6) is 5.75 Å². The van der Waals surface area contributed by atoms with Gasteiger partial charge in [0.1, 0.15) is 10.6 Å². The summed E-state index contributed by atoms with van der Waals surface area (Å²) in [6, 6.07) is 13.9. The number of azo groups is 2. The lowest BCUT2D eigenvalue weighted by Crippen LogP contribution is -2.19. The molecule has 1 aliphatic rings. The fraction of sp³-hybridized carbons (Fsp3) is 0. The van der Waals surface area contributed by atoms with Crippen molar-refractivity contribution in [3.8, 4) is 5.75 Å². The molecule has 0 atom stereocenters. The zero-order valence-corrected chi connectivity index (χ0v) is 26.4. The Bertz CT molecular complexity index is 2540. The van der Waals surface area contributed by atoms with Crippen molar-refractivity contribution in [3.63, 3.8) is 0 Å². The third kappa shape index (κ3) is 6.55. The topological polar surface area (TPSA) is 289 Å². The molecule has 0 unspecified atom stereocenters. The minimum Gasteiger partial charge on any atom is -0.505 e. The fourth-order valence-corrected chi connectivity index (χ4v) is 6.53. The van der Waals surface area contributed by atoms with Crippen LogP contribution in [0.2, 0.25) is 0 Å². The van der Waals surface area contributed by atoms with Gasteiger partial charge in [-0.25, -0.2) is 5.26 Å². The summed E-state index contributed by atoms with van der Waals surface area (Å²) >= 11 is 0.340. The molecule has 49 heavy (non-hydrogen) atoms. The number of hydrogen-bond donors (Lipinski definition) is 6. The maximum atomic E-state index is 12.0. The maximum Gasteiger partial charge on any atom is 0.296 e. The number of nitrogen functional groups attached to an aromatic ring is 1. The van der Waals surface area contributed by atoms with Crippen LogP contribution in [0.4, 0.5) is 28.4 Å². The maximum absolute atomic E-state index is 12.0. The Morgan fingerprint density at radius 3 is 2.12 bits per heavy atom. The summed E-state index contributed by atoms with van der Waals surface area (Å²) in [6.07, 6.45) is 0. The number of nitrogens with one attached hydrogen (secondary N) is 1. The zero-order chi connectivity index (χ0) is 35.2. The standard InChI is InChI=1S/C28H18N6O12S3/c29-20-11-17-12(8-24(20)49(42,43)44)7-23(47-46-45-38)25(26(17)35)34-33-22-6-5-21(15-4-2-14(10-18(15)22)48(39,40)41)32-31-13-1-3-16-19(9-13)28(37)30-27(16)36/h1-11,35,38H,29H2,(H,30,36,37)(H,39,40,41)(H,42,43,44). The summed E-state index contributed by atoms with van der Waals surface area (Å²) in [4.78, 5) is 22.7. The van der Waals surface area contributed by atoms with E-state index in [1.807, 2.05) is 0 Å². The predicted octanol–water partition coefficient (Wildman–Crippen LogP) is 5.92. The minimum atomic E-state index is -4.74. The monoisotopic (exact) mass is 726 g/mol. The molecule has 0 radical (unpaired) electrons. The SMILES string of the molecule is Nc1cc2c(O)c(N=Nc3ccc(N=Nc4ccc5c(c4)C(=O)NC5=O)c4ccc(S(=O)(=O)O)cc34)c(SOOO)cc2cc1S(=O)(=O)O. The molecule has 21 heteroatoms. The molecule has 0 fully saturated rings. The number of phenolic OH excluding ortho intramolecular Hbond substituents is 1. The first-order valence-electron chi connectivity index (χ1n) is 13.2. The molecule has 1 aliphatic heterocycles. The molecule has 0 spiro atoms. The third-order valence-corrected chi connectivity index (χ3v) is 9.48. The van der Waals surface area contributed by atoms with Gasteiger partial charge in [-0.15, -0.1) is 19.7 Å². The van der Waals surface area contributed by atoms with Crippen LogP contribution in [0, 0.1) is 0 Å². The number of carbonyl (C=O) groups is 2. The lowest BCUT2D eigenvalue weighted by Gasteiger charge is -2.11. The molecule has 0 saturated heterocycles. The van der Waals surface area contributed by atoms with E-state index in [9.17, 15) is 40.6 Å². The second-order valence-electron chi connectivity index (χ2n) is 10.1. The van der Waals surface area contributed by atoms with Crippen molar-refractivity contribution >= 4 is 94.1 Å². The quantitative estimate of drug-likeness (QED) is 0.0196. The van der Waals surface area contributed by atoms with E-state index in [1.165, 1.54) is 42.5 Å². The number of imide groups is 1. The van der Waals surface area contributed by atoms with Crippen molar-refractivity contribution in [2.24, 2.45) is 20.5 Å². The van der Waals surface area contributed by atoms with E-state index in [1.54, 1.807) is 0 Å². The van der Waals surface area contributed by atoms with Gasteiger partial charge in [-0.3, -0.25) is 24.0 Å². The van der Waals surface area contributed by atoms with E-state index >= 15 is 0 Å². The number of amides is 2. The van der Waals surface area contributed by atoms with Crippen LogP contribution in [0.25, 0.3) is 21.5 Å². The molecule has 1 heterocycles. The lowest BCUT2D eigenvalue weighted by molar-refractivity contribution is -0.432.